The predicted molar refractivity (Wildman–Crippen MR) is 110 cm³/mol. The molecule has 8 heteroatoms. The van der Waals surface area contributed by atoms with Gasteiger partial charge in [0.15, 0.2) is 5.96 Å². The van der Waals surface area contributed by atoms with Gasteiger partial charge in [0.1, 0.15) is 5.75 Å². The van der Waals surface area contributed by atoms with E-state index in [2.05, 4.69) is 15.0 Å². The Morgan fingerprint density at radius 1 is 1.21 bits per heavy atom. The summed E-state index contributed by atoms with van der Waals surface area (Å²) in [6.45, 7) is 1.83. The maximum Gasteiger partial charge on any atom is 0.387 e. The Balaban J connectivity index is 1.85. The molecule has 0 aliphatic carbocycles. The van der Waals surface area contributed by atoms with Gasteiger partial charge in [0.25, 0.3) is 0 Å². The first-order valence-corrected chi connectivity index (χ1v) is 9.68. The highest BCUT2D eigenvalue weighted by atomic mass is 19.3. The fourth-order valence-electron chi connectivity index (χ4n) is 2.82. The summed E-state index contributed by atoms with van der Waals surface area (Å²) in [6, 6.07) is 11.7. The number of hydrogen-bond donors (Lipinski definition) is 1. The zero-order valence-electron chi connectivity index (χ0n) is 16.9. The van der Waals surface area contributed by atoms with Crippen molar-refractivity contribution in [1.82, 2.24) is 14.8 Å². The van der Waals surface area contributed by atoms with Crippen LogP contribution in [0.1, 0.15) is 25.3 Å². The summed E-state index contributed by atoms with van der Waals surface area (Å²) in [4.78, 5) is 18.3. The molecule has 1 N–H and O–H groups in total. The quantitative estimate of drug-likeness (QED) is 0.374. The zero-order valence-corrected chi connectivity index (χ0v) is 16.9. The number of benzene rings is 1. The molecule has 0 spiro atoms. The van der Waals surface area contributed by atoms with Crippen molar-refractivity contribution >= 4 is 5.96 Å². The number of ether oxygens (including phenoxy) is 1. The minimum atomic E-state index is -2.82. The summed E-state index contributed by atoms with van der Waals surface area (Å²) in [5.74, 6) is 0.918. The van der Waals surface area contributed by atoms with E-state index in [1.165, 1.54) is 12.1 Å². The zero-order chi connectivity index (χ0) is 21.1. The van der Waals surface area contributed by atoms with Crippen molar-refractivity contribution in [2.24, 2.45) is 4.99 Å². The fraction of sp³-hybridized carbons (Fsp3) is 0.429. The number of halogens is 2. The van der Waals surface area contributed by atoms with Crippen LogP contribution in [0.3, 0.4) is 0 Å². The van der Waals surface area contributed by atoms with E-state index in [0.29, 0.717) is 19.6 Å². The topological polar surface area (TPSA) is 58.9 Å². The van der Waals surface area contributed by atoms with Crippen LogP contribution in [0.25, 0.3) is 0 Å². The average molecular weight is 406 g/mol. The van der Waals surface area contributed by atoms with Crippen LogP contribution in [0.2, 0.25) is 0 Å². The van der Waals surface area contributed by atoms with E-state index in [1.54, 1.807) is 35.0 Å². The summed E-state index contributed by atoms with van der Waals surface area (Å²) in [6.07, 6.45) is 3.52. The monoisotopic (exact) mass is 406 g/mol. The van der Waals surface area contributed by atoms with Crippen LogP contribution in [0, 0.1) is 0 Å². The molecule has 6 nitrogen and oxygen atoms in total. The van der Waals surface area contributed by atoms with Crippen LogP contribution in [0.15, 0.2) is 58.4 Å². The van der Waals surface area contributed by atoms with E-state index in [0.717, 1.165) is 30.9 Å². The summed E-state index contributed by atoms with van der Waals surface area (Å²) < 4.78 is 30.5. The number of pyridine rings is 1. The fourth-order valence-corrected chi connectivity index (χ4v) is 2.82. The van der Waals surface area contributed by atoms with Crippen LogP contribution in [-0.2, 0) is 13.1 Å². The van der Waals surface area contributed by atoms with Gasteiger partial charge in [0, 0.05) is 45.5 Å². The minimum Gasteiger partial charge on any atom is -0.435 e. The second kappa shape index (κ2) is 11.8. The van der Waals surface area contributed by atoms with Crippen molar-refractivity contribution in [3.05, 3.63) is 64.6 Å². The number of hydrogen-bond acceptors (Lipinski definition) is 3. The standard InChI is InChI=1S/C21H28F2N4O2/c1-3-24-21(25-13-5-7-15-27-14-6-4-8-19(27)28)26(2)16-17-9-11-18(12-10-17)29-20(22)23/h4,6,8-12,14,20H,3,5,7,13,15-16H2,1-2H3,(H,24,25). The van der Waals surface area contributed by atoms with Gasteiger partial charge in [-0.3, -0.25) is 9.79 Å². The molecule has 0 unspecified atom stereocenters. The van der Waals surface area contributed by atoms with E-state index in [1.807, 2.05) is 24.9 Å². The molecule has 2 aromatic rings. The number of nitrogens with zero attached hydrogens (tertiary/aromatic N) is 3. The minimum absolute atomic E-state index is 0.00837. The third-order valence-corrected chi connectivity index (χ3v) is 4.23. The van der Waals surface area contributed by atoms with E-state index in [9.17, 15) is 13.6 Å². The van der Waals surface area contributed by atoms with Crippen LogP contribution in [0.5, 0.6) is 5.75 Å². The molecular weight excluding hydrogens is 378 g/mol. The van der Waals surface area contributed by atoms with Crippen LogP contribution in [-0.4, -0.2) is 42.2 Å². The third-order valence-electron chi connectivity index (χ3n) is 4.23. The first-order chi connectivity index (χ1) is 14.0. The second-order valence-corrected chi connectivity index (χ2v) is 6.55. The summed E-state index contributed by atoms with van der Waals surface area (Å²) >= 11 is 0. The first-order valence-electron chi connectivity index (χ1n) is 9.68. The maximum atomic E-state index is 12.2. The van der Waals surface area contributed by atoms with E-state index < -0.39 is 6.61 Å². The van der Waals surface area contributed by atoms with Gasteiger partial charge in [-0.25, -0.2) is 0 Å². The maximum absolute atomic E-state index is 12.2. The molecule has 0 saturated heterocycles. The normalized spacial score (nSPS) is 11.6. The van der Waals surface area contributed by atoms with Crippen LogP contribution >= 0.6 is 0 Å². The molecule has 0 saturated carbocycles. The van der Waals surface area contributed by atoms with Gasteiger partial charge < -0.3 is 19.5 Å². The number of guanidine groups is 1. The van der Waals surface area contributed by atoms with Crippen molar-refractivity contribution in [2.45, 2.75) is 39.5 Å². The van der Waals surface area contributed by atoms with E-state index in [-0.39, 0.29) is 11.3 Å². The Morgan fingerprint density at radius 3 is 2.62 bits per heavy atom. The van der Waals surface area contributed by atoms with Gasteiger partial charge in [-0.15, -0.1) is 0 Å². The molecule has 0 radical (unpaired) electrons. The van der Waals surface area contributed by atoms with Crippen LogP contribution in [0.4, 0.5) is 8.78 Å². The highest BCUT2D eigenvalue weighted by molar-refractivity contribution is 5.79. The Hall–Kier alpha value is -2.90. The van der Waals surface area contributed by atoms with Crippen LogP contribution < -0.4 is 15.6 Å². The molecule has 0 aliphatic rings. The Morgan fingerprint density at radius 2 is 1.97 bits per heavy atom. The highest BCUT2D eigenvalue weighted by Gasteiger charge is 2.08. The molecule has 0 amide bonds. The molecule has 29 heavy (non-hydrogen) atoms. The smallest absolute Gasteiger partial charge is 0.387 e. The van der Waals surface area contributed by atoms with Crippen molar-refractivity contribution in [3.8, 4) is 5.75 Å². The number of nitrogens with one attached hydrogen (secondary N) is 1. The lowest BCUT2D eigenvalue weighted by Crippen LogP contribution is -2.38. The molecule has 2 rings (SSSR count). The first kappa shape index (κ1) is 22.4. The number of aromatic nitrogens is 1. The molecule has 0 fully saturated rings. The number of aliphatic imine (C=N–C) groups is 1. The molecule has 1 heterocycles. The van der Waals surface area contributed by atoms with E-state index in [4.69, 9.17) is 0 Å². The molecule has 0 bridgehead atoms. The Labute approximate surface area is 169 Å². The molecule has 158 valence electrons. The molecule has 1 aromatic heterocycles. The van der Waals surface area contributed by atoms with Crippen molar-refractivity contribution in [2.75, 3.05) is 20.1 Å². The lowest BCUT2D eigenvalue weighted by Gasteiger charge is -2.22. The number of alkyl halides is 2. The van der Waals surface area contributed by atoms with Crippen molar-refractivity contribution < 1.29 is 13.5 Å². The molecular formula is C21H28F2N4O2. The number of rotatable bonds is 10. The SMILES string of the molecule is CCNC(=NCCCCn1ccccc1=O)N(C)Cc1ccc(OC(F)F)cc1. The predicted octanol–water partition coefficient (Wildman–Crippen LogP) is 3.33. The van der Waals surface area contributed by atoms with Crippen molar-refractivity contribution in [3.63, 3.8) is 0 Å². The Kier molecular flexibility index (Phi) is 9.14. The Bertz CT molecular complexity index is 822. The van der Waals surface area contributed by atoms with Gasteiger partial charge in [-0.05, 0) is 43.5 Å². The average Bonchev–Trinajstić information content (AvgIpc) is 2.69. The summed E-state index contributed by atoms with van der Waals surface area (Å²) in [5.41, 5.74) is 0.970. The number of unbranched alkanes of at least 4 members (excludes halogenated alkanes) is 1. The largest absolute Gasteiger partial charge is 0.435 e. The molecule has 0 aliphatic heterocycles. The second-order valence-electron chi connectivity index (χ2n) is 6.55. The third kappa shape index (κ3) is 7.93. The summed E-state index contributed by atoms with van der Waals surface area (Å²) in [5, 5.41) is 3.25. The molecule has 1 aromatic carbocycles. The number of aryl methyl sites for hydroxylation is 1. The van der Waals surface area contributed by atoms with Gasteiger partial charge in [0.2, 0.25) is 5.56 Å². The van der Waals surface area contributed by atoms with Gasteiger partial charge in [-0.2, -0.15) is 8.78 Å². The van der Waals surface area contributed by atoms with Gasteiger partial charge in [0.05, 0.1) is 0 Å². The summed E-state index contributed by atoms with van der Waals surface area (Å²) in [7, 11) is 1.93. The highest BCUT2D eigenvalue weighted by Crippen LogP contribution is 2.15. The van der Waals surface area contributed by atoms with Gasteiger partial charge in [-0.1, -0.05) is 18.2 Å². The lowest BCUT2D eigenvalue weighted by atomic mass is 10.2. The van der Waals surface area contributed by atoms with Crippen molar-refractivity contribution in [1.29, 1.82) is 0 Å². The lowest BCUT2D eigenvalue weighted by molar-refractivity contribution is -0.0498. The van der Waals surface area contributed by atoms with E-state index >= 15 is 0 Å². The molecule has 0 atom stereocenters. The van der Waals surface area contributed by atoms with Gasteiger partial charge >= 0.3 is 6.61 Å².